The molecule has 5 atom stereocenters. The van der Waals surface area contributed by atoms with Gasteiger partial charge in [-0.15, -0.1) is 0 Å². The summed E-state index contributed by atoms with van der Waals surface area (Å²) in [5.74, 6) is -0.706. The number of rotatable bonds is 7. The highest BCUT2D eigenvalue weighted by Gasteiger charge is 2.55. The maximum absolute atomic E-state index is 13.3. The molecular weight excluding hydrogens is 384 g/mol. The molecule has 2 bridgehead atoms. The fraction of sp³-hybridized carbons (Fsp3) is 0.391. The largest absolute Gasteiger partial charge is 0.394 e. The van der Waals surface area contributed by atoms with Crippen molar-refractivity contribution < 1.29 is 24.2 Å². The summed E-state index contributed by atoms with van der Waals surface area (Å²) in [6, 6.07) is 18.8. The number of fused-ring (bicyclic) bond motifs is 2. The van der Waals surface area contributed by atoms with Crippen molar-refractivity contribution in [1.82, 2.24) is 10.2 Å². The Bertz CT molecular complexity index is 876. The Morgan fingerprint density at radius 3 is 2.33 bits per heavy atom. The van der Waals surface area contributed by atoms with E-state index in [0.29, 0.717) is 13.0 Å². The first-order valence-corrected chi connectivity index (χ1v) is 10.2. The standard InChI is InChI=1S/C23H26N2O5/c1-15(14-26)24-21(27)19-20-22(28)25(13-17-10-6-3-7-11-17)18(23(29-19)30-20)12-16-8-4-2-5-9-16/h2-11,15,18-20,23,26H,12-14H2,1H3,(H,24,27)/t15-,18+,19+,20+,23+/m0/s1. The highest BCUT2D eigenvalue weighted by atomic mass is 16.7. The van der Waals surface area contributed by atoms with Gasteiger partial charge in [-0.1, -0.05) is 60.7 Å². The van der Waals surface area contributed by atoms with Gasteiger partial charge in [0, 0.05) is 12.6 Å². The number of nitrogens with zero attached hydrogens (tertiary/aromatic N) is 1. The van der Waals surface area contributed by atoms with Crippen LogP contribution in [0.4, 0.5) is 0 Å². The molecule has 7 nitrogen and oxygen atoms in total. The van der Waals surface area contributed by atoms with Gasteiger partial charge in [-0.25, -0.2) is 0 Å². The zero-order chi connectivity index (χ0) is 21.1. The van der Waals surface area contributed by atoms with E-state index in [0.717, 1.165) is 11.1 Å². The molecule has 2 fully saturated rings. The van der Waals surface area contributed by atoms with Crippen molar-refractivity contribution in [2.75, 3.05) is 6.61 Å². The normalized spacial score (nSPS) is 26.5. The summed E-state index contributed by atoms with van der Waals surface area (Å²) in [7, 11) is 0. The number of aliphatic hydroxyl groups is 1. The second-order valence-corrected chi connectivity index (χ2v) is 7.78. The Labute approximate surface area is 175 Å². The molecule has 2 amide bonds. The lowest BCUT2D eigenvalue weighted by molar-refractivity contribution is -0.177. The molecule has 158 valence electrons. The Hall–Kier alpha value is -2.74. The molecule has 2 aliphatic heterocycles. The van der Waals surface area contributed by atoms with Gasteiger partial charge < -0.3 is 24.8 Å². The highest BCUT2D eigenvalue weighted by molar-refractivity contribution is 5.92. The quantitative estimate of drug-likeness (QED) is 0.717. The van der Waals surface area contributed by atoms with Crippen LogP contribution in [0, 0.1) is 0 Å². The Kier molecular flexibility index (Phi) is 6.13. The third kappa shape index (κ3) is 4.23. The number of carbonyl (C=O) groups excluding carboxylic acids is 2. The molecule has 2 aliphatic rings. The first-order chi connectivity index (χ1) is 14.6. The fourth-order valence-electron chi connectivity index (χ4n) is 3.91. The molecule has 2 aromatic rings. The van der Waals surface area contributed by atoms with E-state index in [1.807, 2.05) is 60.7 Å². The summed E-state index contributed by atoms with van der Waals surface area (Å²) in [4.78, 5) is 27.8. The summed E-state index contributed by atoms with van der Waals surface area (Å²) in [5.41, 5.74) is 2.06. The molecule has 0 aromatic heterocycles. The molecule has 4 rings (SSSR count). The number of aliphatic hydroxyl groups excluding tert-OH is 1. The van der Waals surface area contributed by atoms with Crippen molar-refractivity contribution in [2.45, 2.75) is 50.5 Å². The second-order valence-electron chi connectivity index (χ2n) is 7.78. The molecule has 7 heteroatoms. The number of nitrogens with one attached hydrogen (secondary N) is 1. The van der Waals surface area contributed by atoms with Gasteiger partial charge in [0.1, 0.15) is 0 Å². The van der Waals surface area contributed by atoms with E-state index >= 15 is 0 Å². The van der Waals surface area contributed by atoms with Gasteiger partial charge in [0.05, 0.1) is 12.6 Å². The number of hydrogen-bond donors (Lipinski definition) is 2. The summed E-state index contributed by atoms with van der Waals surface area (Å²) >= 11 is 0. The number of ether oxygens (including phenoxy) is 2. The van der Waals surface area contributed by atoms with Crippen LogP contribution >= 0.6 is 0 Å². The van der Waals surface area contributed by atoms with Crippen molar-refractivity contribution in [3.05, 3.63) is 71.8 Å². The van der Waals surface area contributed by atoms with E-state index in [-0.39, 0.29) is 18.6 Å². The monoisotopic (exact) mass is 410 g/mol. The van der Waals surface area contributed by atoms with E-state index < -0.39 is 30.4 Å². The number of benzene rings is 2. The molecule has 2 N–H and O–H groups in total. The predicted octanol–water partition coefficient (Wildman–Crippen LogP) is 1.25. The van der Waals surface area contributed by atoms with Crippen LogP contribution in [0.1, 0.15) is 18.1 Å². The lowest BCUT2D eigenvalue weighted by Crippen LogP contribution is -2.57. The van der Waals surface area contributed by atoms with Crippen LogP contribution in [0.3, 0.4) is 0 Å². The van der Waals surface area contributed by atoms with Crippen molar-refractivity contribution in [2.24, 2.45) is 0 Å². The smallest absolute Gasteiger partial charge is 0.255 e. The molecule has 30 heavy (non-hydrogen) atoms. The average Bonchev–Trinajstić information content (AvgIpc) is 3.18. The minimum atomic E-state index is -1.03. The van der Waals surface area contributed by atoms with E-state index in [1.54, 1.807) is 11.8 Å². The highest BCUT2D eigenvalue weighted by Crippen LogP contribution is 2.34. The van der Waals surface area contributed by atoms with E-state index in [1.165, 1.54) is 0 Å². The van der Waals surface area contributed by atoms with Crippen LogP contribution in [-0.2, 0) is 32.0 Å². The van der Waals surface area contributed by atoms with Crippen LogP contribution in [-0.4, -0.2) is 59.0 Å². The van der Waals surface area contributed by atoms with Crippen LogP contribution in [0.2, 0.25) is 0 Å². The topological polar surface area (TPSA) is 88.1 Å². The maximum Gasteiger partial charge on any atom is 0.255 e. The molecule has 0 radical (unpaired) electrons. The van der Waals surface area contributed by atoms with Gasteiger partial charge in [0.25, 0.3) is 11.8 Å². The minimum absolute atomic E-state index is 0.196. The molecule has 0 spiro atoms. The van der Waals surface area contributed by atoms with Gasteiger partial charge in [-0.2, -0.15) is 0 Å². The summed E-state index contributed by atoms with van der Waals surface area (Å²) < 4.78 is 11.8. The van der Waals surface area contributed by atoms with Gasteiger partial charge in [0.15, 0.2) is 18.5 Å². The third-order valence-electron chi connectivity index (χ3n) is 5.48. The lowest BCUT2D eigenvalue weighted by atomic mass is 10.0. The zero-order valence-corrected chi connectivity index (χ0v) is 16.8. The van der Waals surface area contributed by atoms with Crippen LogP contribution in [0.15, 0.2) is 60.7 Å². The first kappa shape index (κ1) is 20.5. The lowest BCUT2D eigenvalue weighted by Gasteiger charge is -2.38. The number of carbonyl (C=O) groups is 2. The second kappa shape index (κ2) is 8.95. The molecule has 2 saturated heterocycles. The van der Waals surface area contributed by atoms with E-state index in [2.05, 4.69) is 5.32 Å². The minimum Gasteiger partial charge on any atom is -0.394 e. The average molecular weight is 410 g/mol. The first-order valence-electron chi connectivity index (χ1n) is 10.2. The SMILES string of the molecule is C[C@@H](CO)NC(=O)[C@@H]1O[C@@H]2O[C@H]1C(=O)N(Cc1ccccc1)[C@@H]2Cc1ccccc1. The Balaban J connectivity index is 1.60. The molecule has 0 aliphatic carbocycles. The van der Waals surface area contributed by atoms with E-state index in [9.17, 15) is 14.7 Å². The van der Waals surface area contributed by atoms with Crippen molar-refractivity contribution >= 4 is 11.8 Å². The predicted molar refractivity (Wildman–Crippen MR) is 109 cm³/mol. The Morgan fingerprint density at radius 1 is 1.07 bits per heavy atom. The van der Waals surface area contributed by atoms with Gasteiger partial charge in [-0.3, -0.25) is 9.59 Å². The van der Waals surface area contributed by atoms with Crippen molar-refractivity contribution in [1.29, 1.82) is 0 Å². The molecule has 2 aromatic carbocycles. The van der Waals surface area contributed by atoms with Crippen LogP contribution in [0.5, 0.6) is 0 Å². The van der Waals surface area contributed by atoms with Crippen molar-refractivity contribution in [3.63, 3.8) is 0 Å². The summed E-state index contributed by atoms with van der Waals surface area (Å²) in [5, 5.41) is 11.9. The fourth-order valence-corrected chi connectivity index (χ4v) is 3.91. The Morgan fingerprint density at radius 2 is 1.70 bits per heavy atom. The summed E-state index contributed by atoms with van der Waals surface area (Å²) in [6.45, 7) is 1.90. The third-order valence-corrected chi connectivity index (χ3v) is 5.48. The van der Waals surface area contributed by atoms with Crippen LogP contribution in [0.25, 0.3) is 0 Å². The number of amides is 2. The summed E-state index contributed by atoms with van der Waals surface area (Å²) in [6.07, 6.45) is -2.16. The molecule has 0 unspecified atom stereocenters. The molecular formula is C23H26N2O5. The van der Waals surface area contributed by atoms with Crippen LogP contribution < -0.4 is 5.32 Å². The number of hydrogen-bond acceptors (Lipinski definition) is 5. The molecule has 2 heterocycles. The van der Waals surface area contributed by atoms with Crippen molar-refractivity contribution in [3.8, 4) is 0 Å². The van der Waals surface area contributed by atoms with E-state index in [4.69, 9.17) is 9.47 Å². The number of morpholine rings is 1. The van der Waals surface area contributed by atoms with Gasteiger partial charge >= 0.3 is 0 Å². The molecule has 0 saturated carbocycles. The maximum atomic E-state index is 13.3. The van der Waals surface area contributed by atoms with Gasteiger partial charge in [-0.05, 0) is 24.5 Å². The van der Waals surface area contributed by atoms with Gasteiger partial charge in [0.2, 0.25) is 0 Å². The zero-order valence-electron chi connectivity index (χ0n) is 16.8.